The van der Waals surface area contributed by atoms with E-state index in [0.29, 0.717) is 0 Å². The zero-order valence-corrected chi connectivity index (χ0v) is 15.7. The second-order valence-electron chi connectivity index (χ2n) is 5.78. The quantitative estimate of drug-likeness (QED) is 0.806. The SMILES string of the molecule is CC(Cc1cccc(Br)c1)NC(=O)C(C)(N)c1ccccc1.Cl. The number of amides is 1. The van der Waals surface area contributed by atoms with Gasteiger partial charge in [-0.2, -0.15) is 0 Å². The molecule has 2 aromatic rings. The standard InChI is InChI=1S/C18H21BrN2O.ClH/c1-13(11-14-7-6-10-16(19)12-14)21-17(22)18(2,20)15-8-4-3-5-9-15;/h3-10,12-13H,11,20H2,1-2H3,(H,21,22);1H. The fourth-order valence-corrected chi connectivity index (χ4v) is 2.80. The highest BCUT2D eigenvalue weighted by molar-refractivity contribution is 9.10. The van der Waals surface area contributed by atoms with Gasteiger partial charge in [0, 0.05) is 10.5 Å². The van der Waals surface area contributed by atoms with Crippen LogP contribution in [0.2, 0.25) is 0 Å². The summed E-state index contributed by atoms with van der Waals surface area (Å²) in [4.78, 5) is 12.5. The zero-order valence-electron chi connectivity index (χ0n) is 13.3. The minimum atomic E-state index is -1.03. The lowest BCUT2D eigenvalue weighted by molar-refractivity contribution is -0.126. The molecule has 2 aromatic carbocycles. The fraction of sp³-hybridized carbons (Fsp3) is 0.278. The molecule has 0 saturated heterocycles. The molecule has 0 spiro atoms. The van der Waals surface area contributed by atoms with E-state index in [0.717, 1.165) is 16.5 Å². The van der Waals surface area contributed by atoms with Crippen LogP contribution in [0.15, 0.2) is 59.1 Å². The number of hydrogen-bond donors (Lipinski definition) is 2. The zero-order chi connectivity index (χ0) is 16.2. The largest absolute Gasteiger partial charge is 0.351 e. The van der Waals surface area contributed by atoms with E-state index in [4.69, 9.17) is 5.73 Å². The van der Waals surface area contributed by atoms with Crippen LogP contribution in [0.1, 0.15) is 25.0 Å². The van der Waals surface area contributed by atoms with Crippen LogP contribution in [0, 0.1) is 0 Å². The summed E-state index contributed by atoms with van der Waals surface area (Å²) in [5.74, 6) is -0.166. The molecule has 2 unspecified atom stereocenters. The summed E-state index contributed by atoms with van der Waals surface area (Å²) in [6, 6.07) is 17.5. The lowest BCUT2D eigenvalue weighted by Gasteiger charge is -2.26. The molecule has 0 aliphatic carbocycles. The third kappa shape index (κ3) is 5.34. The average Bonchev–Trinajstić information content (AvgIpc) is 2.48. The van der Waals surface area contributed by atoms with Crippen LogP contribution in [-0.2, 0) is 16.8 Å². The number of nitrogens with two attached hydrogens (primary N) is 1. The highest BCUT2D eigenvalue weighted by atomic mass is 79.9. The van der Waals surface area contributed by atoms with Crippen LogP contribution in [0.3, 0.4) is 0 Å². The predicted molar refractivity (Wildman–Crippen MR) is 101 cm³/mol. The number of carbonyl (C=O) groups excluding carboxylic acids is 1. The number of rotatable bonds is 5. The summed E-state index contributed by atoms with van der Waals surface area (Å²) in [5.41, 5.74) is 7.17. The van der Waals surface area contributed by atoms with Gasteiger partial charge in [0.15, 0.2) is 0 Å². The van der Waals surface area contributed by atoms with Gasteiger partial charge in [-0.1, -0.05) is 58.4 Å². The molecule has 0 aliphatic rings. The topological polar surface area (TPSA) is 55.1 Å². The Balaban J connectivity index is 0.00000264. The molecule has 0 aliphatic heterocycles. The number of benzene rings is 2. The second kappa shape index (κ2) is 8.48. The number of halogens is 2. The van der Waals surface area contributed by atoms with E-state index in [1.54, 1.807) is 6.92 Å². The molecule has 23 heavy (non-hydrogen) atoms. The molecule has 0 aromatic heterocycles. The average molecular weight is 398 g/mol. The Morgan fingerprint density at radius 2 is 1.87 bits per heavy atom. The van der Waals surface area contributed by atoms with Gasteiger partial charge >= 0.3 is 0 Å². The first kappa shape index (κ1) is 19.7. The summed E-state index contributed by atoms with van der Waals surface area (Å²) in [6.07, 6.45) is 0.760. The molecule has 2 rings (SSSR count). The third-order valence-electron chi connectivity index (χ3n) is 3.65. The van der Waals surface area contributed by atoms with Crippen molar-refractivity contribution < 1.29 is 4.79 Å². The van der Waals surface area contributed by atoms with Crippen molar-refractivity contribution in [2.75, 3.05) is 0 Å². The van der Waals surface area contributed by atoms with Gasteiger partial charge in [0.25, 0.3) is 0 Å². The van der Waals surface area contributed by atoms with Gasteiger partial charge in [0.05, 0.1) is 0 Å². The van der Waals surface area contributed by atoms with Gasteiger partial charge in [-0.25, -0.2) is 0 Å². The van der Waals surface area contributed by atoms with Gasteiger partial charge in [0.1, 0.15) is 5.54 Å². The van der Waals surface area contributed by atoms with Crippen molar-refractivity contribution >= 4 is 34.2 Å². The van der Waals surface area contributed by atoms with Gasteiger partial charge in [0.2, 0.25) is 5.91 Å². The molecule has 1 amide bonds. The number of hydrogen-bond acceptors (Lipinski definition) is 2. The Kier molecular flexibility index (Phi) is 7.26. The van der Waals surface area contributed by atoms with E-state index < -0.39 is 5.54 Å². The summed E-state index contributed by atoms with van der Waals surface area (Å²) in [7, 11) is 0. The molecule has 0 heterocycles. The van der Waals surface area contributed by atoms with Gasteiger partial charge in [-0.3, -0.25) is 4.79 Å². The molecule has 124 valence electrons. The Morgan fingerprint density at radius 3 is 2.48 bits per heavy atom. The van der Waals surface area contributed by atoms with Crippen LogP contribution < -0.4 is 11.1 Å². The normalized spacial score (nSPS) is 14.3. The molecule has 0 fully saturated rings. The first-order valence-corrected chi connectivity index (χ1v) is 8.08. The summed E-state index contributed by atoms with van der Waals surface area (Å²) in [6.45, 7) is 3.73. The summed E-state index contributed by atoms with van der Waals surface area (Å²) >= 11 is 3.46. The minimum absolute atomic E-state index is 0. The Labute approximate surface area is 152 Å². The molecule has 3 nitrogen and oxygen atoms in total. The van der Waals surface area contributed by atoms with Crippen LogP contribution in [0.4, 0.5) is 0 Å². The second-order valence-corrected chi connectivity index (χ2v) is 6.69. The number of carbonyl (C=O) groups is 1. The Morgan fingerprint density at radius 1 is 1.22 bits per heavy atom. The van der Waals surface area contributed by atoms with E-state index >= 15 is 0 Å². The van der Waals surface area contributed by atoms with Crippen LogP contribution in [0.5, 0.6) is 0 Å². The predicted octanol–water partition coefficient (Wildman–Crippen LogP) is 3.79. The van der Waals surface area contributed by atoms with Crippen LogP contribution in [0.25, 0.3) is 0 Å². The smallest absolute Gasteiger partial charge is 0.244 e. The maximum atomic E-state index is 12.5. The third-order valence-corrected chi connectivity index (χ3v) is 4.15. The highest BCUT2D eigenvalue weighted by Crippen LogP contribution is 2.18. The van der Waals surface area contributed by atoms with E-state index in [-0.39, 0.29) is 24.4 Å². The maximum absolute atomic E-state index is 12.5. The summed E-state index contributed by atoms with van der Waals surface area (Å²) < 4.78 is 1.04. The van der Waals surface area contributed by atoms with Crippen molar-refractivity contribution in [2.24, 2.45) is 5.73 Å². The van der Waals surface area contributed by atoms with Crippen molar-refractivity contribution in [1.82, 2.24) is 5.32 Å². The van der Waals surface area contributed by atoms with Crippen molar-refractivity contribution in [3.05, 3.63) is 70.2 Å². The highest BCUT2D eigenvalue weighted by Gasteiger charge is 2.31. The molecular formula is C18H22BrClN2O. The molecule has 0 radical (unpaired) electrons. The van der Waals surface area contributed by atoms with Gasteiger partial charge < -0.3 is 11.1 Å². The van der Waals surface area contributed by atoms with E-state index in [1.807, 2.05) is 55.5 Å². The van der Waals surface area contributed by atoms with Crippen molar-refractivity contribution in [3.63, 3.8) is 0 Å². The molecule has 0 bridgehead atoms. The summed E-state index contributed by atoms with van der Waals surface area (Å²) in [5, 5.41) is 3.01. The van der Waals surface area contributed by atoms with Crippen molar-refractivity contribution in [2.45, 2.75) is 31.8 Å². The monoisotopic (exact) mass is 396 g/mol. The first-order valence-electron chi connectivity index (χ1n) is 7.29. The maximum Gasteiger partial charge on any atom is 0.244 e. The minimum Gasteiger partial charge on any atom is -0.351 e. The molecular weight excluding hydrogens is 376 g/mol. The van der Waals surface area contributed by atoms with Crippen molar-refractivity contribution in [1.29, 1.82) is 0 Å². The fourth-order valence-electron chi connectivity index (χ4n) is 2.36. The number of nitrogens with one attached hydrogen (secondary N) is 1. The van der Waals surface area contributed by atoms with E-state index in [2.05, 4.69) is 27.3 Å². The lowest BCUT2D eigenvalue weighted by Crippen LogP contribution is -2.51. The van der Waals surface area contributed by atoms with Crippen LogP contribution >= 0.6 is 28.3 Å². The molecule has 3 N–H and O–H groups in total. The van der Waals surface area contributed by atoms with Gasteiger partial charge in [-0.05, 0) is 43.5 Å². The van der Waals surface area contributed by atoms with Gasteiger partial charge in [-0.15, -0.1) is 12.4 Å². The first-order chi connectivity index (χ1) is 10.4. The van der Waals surface area contributed by atoms with E-state index in [9.17, 15) is 4.79 Å². The lowest BCUT2D eigenvalue weighted by atomic mass is 9.92. The molecule has 5 heteroatoms. The van der Waals surface area contributed by atoms with Crippen LogP contribution in [-0.4, -0.2) is 11.9 Å². The van der Waals surface area contributed by atoms with E-state index in [1.165, 1.54) is 5.56 Å². The molecule has 2 atom stereocenters. The van der Waals surface area contributed by atoms with Crippen molar-refractivity contribution in [3.8, 4) is 0 Å². The molecule has 0 saturated carbocycles. The Bertz CT molecular complexity index is 646. The Hall–Kier alpha value is -1.36.